The summed E-state index contributed by atoms with van der Waals surface area (Å²) in [5.74, 6) is 0. The Labute approximate surface area is 116 Å². The van der Waals surface area contributed by atoms with E-state index in [2.05, 4.69) is 21.8 Å². The van der Waals surface area contributed by atoms with Gasteiger partial charge in [0.05, 0.1) is 29.1 Å². The van der Waals surface area contributed by atoms with Gasteiger partial charge in [0.25, 0.3) is 0 Å². The standard InChI is InChI=1S/C12H15Cl2N3O/c1-16-4-9-6-17(7-10(5-16)18-9)8-2-11(13)12(14)15-3-8/h2-3,9-10H,4-7H2,1H3. The highest BCUT2D eigenvalue weighted by Gasteiger charge is 2.33. The van der Waals surface area contributed by atoms with Gasteiger partial charge in [-0.3, -0.25) is 0 Å². The molecule has 0 radical (unpaired) electrons. The second kappa shape index (κ2) is 4.85. The van der Waals surface area contributed by atoms with Gasteiger partial charge in [0.2, 0.25) is 0 Å². The van der Waals surface area contributed by atoms with Crippen molar-refractivity contribution in [2.45, 2.75) is 12.2 Å². The number of likely N-dealkylation sites (N-methyl/N-ethyl adjacent to an activating group) is 1. The third-order valence-electron chi connectivity index (χ3n) is 3.41. The predicted octanol–water partition coefficient (Wildman–Crippen LogP) is 1.91. The van der Waals surface area contributed by atoms with E-state index >= 15 is 0 Å². The zero-order chi connectivity index (χ0) is 12.7. The van der Waals surface area contributed by atoms with Crippen molar-refractivity contribution in [3.05, 3.63) is 22.4 Å². The number of aromatic nitrogens is 1. The summed E-state index contributed by atoms with van der Waals surface area (Å²) in [5.41, 5.74) is 1.02. The fraction of sp³-hybridized carbons (Fsp3) is 0.583. The Bertz CT molecular complexity index is 439. The van der Waals surface area contributed by atoms with Gasteiger partial charge in [0.15, 0.2) is 0 Å². The van der Waals surface area contributed by atoms with Gasteiger partial charge in [-0.25, -0.2) is 4.98 Å². The molecule has 98 valence electrons. The molecule has 0 N–H and O–H groups in total. The first-order chi connectivity index (χ1) is 8.61. The summed E-state index contributed by atoms with van der Waals surface area (Å²) in [6.45, 7) is 3.70. The topological polar surface area (TPSA) is 28.6 Å². The SMILES string of the molecule is CN1CC2CN(c3cnc(Cl)c(Cl)c3)CC(C1)O2. The Hall–Kier alpha value is -0.550. The summed E-state index contributed by atoms with van der Waals surface area (Å²) in [6.07, 6.45) is 2.30. The second-order valence-corrected chi connectivity index (χ2v) is 5.74. The van der Waals surface area contributed by atoms with Crippen molar-refractivity contribution in [1.82, 2.24) is 9.88 Å². The molecule has 2 saturated heterocycles. The van der Waals surface area contributed by atoms with E-state index in [-0.39, 0.29) is 12.2 Å². The van der Waals surface area contributed by atoms with E-state index in [4.69, 9.17) is 27.9 Å². The quantitative estimate of drug-likeness (QED) is 0.738. The number of morpholine rings is 2. The summed E-state index contributed by atoms with van der Waals surface area (Å²) in [5, 5.41) is 0.858. The van der Waals surface area contributed by atoms with Crippen LogP contribution in [0, 0.1) is 0 Å². The van der Waals surface area contributed by atoms with Crippen molar-refractivity contribution >= 4 is 28.9 Å². The maximum absolute atomic E-state index is 6.02. The Morgan fingerprint density at radius 3 is 2.50 bits per heavy atom. The van der Waals surface area contributed by atoms with Crippen molar-refractivity contribution in [3.63, 3.8) is 0 Å². The van der Waals surface area contributed by atoms with Gasteiger partial charge >= 0.3 is 0 Å². The molecule has 3 rings (SSSR count). The lowest BCUT2D eigenvalue weighted by Gasteiger charge is -2.45. The van der Waals surface area contributed by atoms with Gasteiger partial charge in [-0.15, -0.1) is 0 Å². The highest BCUT2D eigenvalue weighted by molar-refractivity contribution is 6.41. The number of pyridine rings is 1. The number of rotatable bonds is 1. The monoisotopic (exact) mass is 287 g/mol. The lowest BCUT2D eigenvalue weighted by Crippen LogP contribution is -2.58. The number of halogens is 2. The fourth-order valence-corrected chi connectivity index (χ4v) is 2.95. The minimum atomic E-state index is 0.261. The van der Waals surface area contributed by atoms with Crippen LogP contribution in [-0.2, 0) is 4.74 Å². The van der Waals surface area contributed by atoms with Gasteiger partial charge in [0.1, 0.15) is 5.15 Å². The van der Waals surface area contributed by atoms with Crippen LogP contribution in [0.3, 0.4) is 0 Å². The van der Waals surface area contributed by atoms with Crippen molar-refractivity contribution in [2.75, 3.05) is 38.1 Å². The zero-order valence-corrected chi connectivity index (χ0v) is 11.7. The number of fused-ring (bicyclic) bond motifs is 2. The Morgan fingerprint density at radius 1 is 1.22 bits per heavy atom. The summed E-state index contributed by atoms with van der Waals surface area (Å²) < 4.78 is 5.94. The molecule has 4 nitrogen and oxygen atoms in total. The molecule has 1 aromatic heterocycles. The molecule has 2 aliphatic heterocycles. The first-order valence-electron chi connectivity index (χ1n) is 6.02. The van der Waals surface area contributed by atoms with Gasteiger partial charge in [-0.1, -0.05) is 23.2 Å². The lowest BCUT2D eigenvalue weighted by atomic mass is 10.1. The average Bonchev–Trinajstić information content (AvgIpc) is 2.31. The molecule has 2 bridgehead atoms. The van der Waals surface area contributed by atoms with Gasteiger partial charge < -0.3 is 14.5 Å². The fourth-order valence-electron chi connectivity index (χ4n) is 2.69. The van der Waals surface area contributed by atoms with E-state index in [0.29, 0.717) is 10.2 Å². The van der Waals surface area contributed by atoms with E-state index in [1.807, 2.05) is 6.07 Å². The molecule has 2 fully saturated rings. The third kappa shape index (κ3) is 2.43. The normalized spacial score (nSPS) is 28.5. The predicted molar refractivity (Wildman–Crippen MR) is 72.6 cm³/mol. The molecule has 0 spiro atoms. The first kappa shape index (κ1) is 12.5. The van der Waals surface area contributed by atoms with Crippen LogP contribution < -0.4 is 4.90 Å². The minimum absolute atomic E-state index is 0.261. The van der Waals surface area contributed by atoms with E-state index in [9.17, 15) is 0 Å². The number of hydrogen-bond donors (Lipinski definition) is 0. The van der Waals surface area contributed by atoms with E-state index in [1.165, 1.54) is 0 Å². The van der Waals surface area contributed by atoms with Gasteiger partial charge in [-0.05, 0) is 13.1 Å². The van der Waals surface area contributed by atoms with E-state index in [0.717, 1.165) is 31.9 Å². The van der Waals surface area contributed by atoms with Crippen molar-refractivity contribution in [2.24, 2.45) is 0 Å². The van der Waals surface area contributed by atoms with Crippen LogP contribution >= 0.6 is 23.2 Å². The molecule has 0 aliphatic carbocycles. The highest BCUT2D eigenvalue weighted by atomic mass is 35.5. The smallest absolute Gasteiger partial charge is 0.147 e. The third-order valence-corrected chi connectivity index (χ3v) is 4.10. The largest absolute Gasteiger partial charge is 0.369 e. The van der Waals surface area contributed by atoms with Crippen LogP contribution in [-0.4, -0.2) is 55.3 Å². The summed E-state index contributed by atoms with van der Waals surface area (Å²) in [4.78, 5) is 8.70. The molecule has 3 heterocycles. The van der Waals surface area contributed by atoms with Crippen LogP contribution in [0.25, 0.3) is 0 Å². The molecule has 0 aromatic carbocycles. The summed E-state index contributed by atoms with van der Waals surface area (Å²) in [6, 6.07) is 1.88. The summed E-state index contributed by atoms with van der Waals surface area (Å²) >= 11 is 11.9. The van der Waals surface area contributed by atoms with E-state index < -0.39 is 0 Å². The second-order valence-electron chi connectivity index (χ2n) is 4.97. The molecule has 18 heavy (non-hydrogen) atoms. The molecule has 2 aliphatic rings. The van der Waals surface area contributed by atoms with Crippen LogP contribution in [0.5, 0.6) is 0 Å². The van der Waals surface area contributed by atoms with Crippen molar-refractivity contribution < 1.29 is 4.74 Å². The number of hydrogen-bond acceptors (Lipinski definition) is 4. The van der Waals surface area contributed by atoms with Crippen LogP contribution in [0.4, 0.5) is 5.69 Å². The highest BCUT2D eigenvalue weighted by Crippen LogP contribution is 2.28. The van der Waals surface area contributed by atoms with Crippen LogP contribution in [0.1, 0.15) is 0 Å². The Morgan fingerprint density at radius 2 is 1.89 bits per heavy atom. The molecule has 1 aromatic rings. The lowest BCUT2D eigenvalue weighted by molar-refractivity contribution is -0.0875. The van der Waals surface area contributed by atoms with Crippen LogP contribution in [0.2, 0.25) is 10.2 Å². The molecule has 6 heteroatoms. The average molecular weight is 288 g/mol. The maximum atomic E-state index is 6.02. The van der Waals surface area contributed by atoms with Crippen LogP contribution in [0.15, 0.2) is 12.3 Å². The first-order valence-corrected chi connectivity index (χ1v) is 6.77. The molecule has 0 amide bonds. The van der Waals surface area contributed by atoms with Gasteiger partial charge in [-0.2, -0.15) is 0 Å². The Balaban J connectivity index is 1.79. The van der Waals surface area contributed by atoms with Crippen molar-refractivity contribution in [1.29, 1.82) is 0 Å². The molecule has 2 unspecified atom stereocenters. The minimum Gasteiger partial charge on any atom is -0.369 e. The van der Waals surface area contributed by atoms with Gasteiger partial charge in [0, 0.05) is 26.2 Å². The maximum Gasteiger partial charge on any atom is 0.147 e. The molecular weight excluding hydrogens is 273 g/mol. The number of nitrogens with zero attached hydrogens (tertiary/aromatic N) is 3. The molecule has 0 saturated carbocycles. The number of anilines is 1. The van der Waals surface area contributed by atoms with Crippen molar-refractivity contribution in [3.8, 4) is 0 Å². The van der Waals surface area contributed by atoms with E-state index in [1.54, 1.807) is 6.20 Å². The number of ether oxygens (including phenoxy) is 1. The molecular formula is C12H15Cl2N3O. The Kier molecular flexibility index (Phi) is 3.36. The molecule has 2 atom stereocenters. The zero-order valence-electron chi connectivity index (χ0n) is 10.1. The summed E-state index contributed by atoms with van der Waals surface area (Å²) in [7, 11) is 2.14.